The highest BCUT2D eigenvalue weighted by Crippen LogP contribution is 2.30. The summed E-state index contributed by atoms with van der Waals surface area (Å²) in [7, 11) is 0. The van der Waals surface area contributed by atoms with Crippen LogP contribution in [-0.2, 0) is 10.9 Å². The summed E-state index contributed by atoms with van der Waals surface area (Å²) in [6.07, 6.45) is -4.35. The summed E-state index contributed by atoms with van der Waals surface area (Å²) >= 11 is 0. The first-order valence-electron chi connectivity index (χ1n) is 8.74. The summed E-state index contributed by atoms with van der Waals surface area (Å²) in [6.45, 7) is 6.73. The lowest BCUT2D eigenvalue weighted by Crippen LogP contribution is -2.39. The number of nitrogens with zero attached hydrogens (tertiary/aromatic N) is 3. The molecule has 1 fully saturated rings. The number of aromatic nitrogens is 2. The van der Waals surface area contributed by atoms with Gasteiger partial charge < -0.3 is 15.4 Å². The Morgan fingerprint density at radius 1 is 1.11 bits per heavy atom. The first-order chi connectivity index (χ1) is 12.9. The van der Waals surface area contributed by atoms with Gasteiger partial charge in [-0.2, -0.15) is 18.2 Å². The van der Waals surface area contributed by atoms with E-state index in [4.69, 9.17) is 4.74 Å². The molecule has 0 aliphatic carbocycles. The highest BCUT2D eigenvalue weighted by Gasteiger charge is 2.29. The molecule has 1 aliphatic rings. The van der Waals surface area contributed by atoms with E-state index < -0.39 is 11.7 Å². The number of ether oxygens (including phenoxy) is 1. The van der Waals surface area contributed by atoms with Crippen molar-refractivity contribution in [3.8, 4) is 0 Å². The number of benzene rings is 1. The molecule has 0 spiro atoms. The quantitative estimate of drug-likeness (QED) is 0.801. The highest BCUT2D eigenvalue weighted by atomic mass is 19.4. The number of anilines is 3. The van der Waals surface area contributed by atoms with E-state index in [0.29, 0.717) is 24.0 Å². The lowest BCUT2D eigenvalue weighted by atomic mass is 10.2. The lowest BCUT2D eigenvalue weighted by molar-refractivity contribution is -0.137. The molecular weight excluding hydrogens is 359 g/mol. The topological polar surface area (TPSA) is 62.3 Å². The minimum atomic E-state index is -4.35. The second kappa shape index (κ2) is 8.53. The molecule has 27 heavy (non-hydrogen) atoms. The minimum absolute atomic E-state index is 0.484. The molecule has 3 rings (SSSR count). The summed E-state index contributed by atoms with van der Waals surface area (Å²) in [6, 6.07) is 6.58. The fraction of sp³-hybridized carbons (Fsp3) is 0.444. The van der Waals surface area contributed by atoms with Gasteiger partial charge in [0.25, 0.3) is 0 Å². The van der Waals surface area contributed by atoms with Crippen molar-refractivity contribution >= 4 is 17.5 Å². The molecular formula is C18H22F3N5O. The van der Waals surface area contributed by atoms with Crippen LogP contribution < -0.4 is 10.6 Å². The van der Waals surface area contributed by atoms with Crippen molar-refractivity contribution in [1.29, 1.82) is 0 Å². The number of morpholine rings is 1. The Bertz CT molecular complexity index is 746. The number of nitrogens with one attached hydrogen (secondary N) is 2. The molecule has 0 atom stereocenters. The van der Waals surface area contributed by atoms with Gasteiger partial charge in [-0.25, -0.2) is 4.98 Å². The predicted molar refractivity (Wildman–Crippen MR) is 97.2 cm³/mol. The number of hydrogen-bond donors (Lipinski definition) is 2. The lowest BCUT2D eigenvalue weighted by Gasteiger charge is -2.26. The summed E-state index contributed by atoms with van der Waals surface area (Å²) < 4.78 is 43.3. The van der Waals surface area contributed by atoms with Crippen LogP contribution in [0.15, 0.2) is 30.3 Å². The van der Waals surface area contributed by atoms with Crippen LogP contribution in [0.3, 0.4) is 0 Å². The fourth-order valence-corrected chi connectivity index (χ4v) is 2.75. The van der Waals surface area contributed by atoms with Gasteiger partial charge in [-0.1, -0.05) is 0 Å². The molecule has 1 saturated heterocycles. The Hall–Kier alpha value is -2.39. The average Bonchev–Trinajstić information content (AvgIpc) is 2.62. The molecule has 6 nitrogen and oxygen atoms in total. The SMILES string of the molecule is Cc1cc(Nc2ccc(C(F)(F)F)cc2)nc(NCCN2CCOCC2)n1. The Morgan fingerprint density at radius 3 is 2.48 bits per heavy atom. The van der Waals surface area contributed by atoms with Gasteiger partial charge in [-0.05, 0) is 31.2 Å². The van der Waals surface area contributed by atoms with E-state index in [0.717, 1.165) is 50.7 Å². The second-order valence-electron chi connectivity index (χ2n) is 6.30. The van der Waals surface area contributed by atoms with E-state index in [2.05, 4.69) is 25.5 Å². The summed E-state index contributed by atoms with van der Waals surface area (Å²) in [5.74, 6) is 1.01. The third-order valence-corrected chi connectivity index (χ3v) is 4.15. The zero-order chi connectivity index (χ0) is 19.3. The maximum atomic E-state index is 12.6. The third kappa shape index (κ3) is 5.80. The standard InChI is InChI=1S/C18H22F3N5O/c1-13-12-16(24-15-4-2-14(3-5-15)18(19,20)21)25-17(23-13)22-6-7-26-8-10-27-11-9-26/h2-5,12H,6-11H2,1H3,(H2,22,23,24,25). The van der Waals surface area contributed by atoms with Crippen molar-refractivity contribution in [3.63, 3.8) is 0 Å². The molecule has 1 aromatic carbocycles. The van der Waals surface area contributed by atoms with E-state index in [1.807, 2.05) is 6.92 Å². The van der Waals surface area contributed by atoms with E-state index in [9.17, 15) is 13.2 Å². The monoisotopic (exact) mass is 381 g/mol. The smallest absolute Gasteiger partial charge is 0.379 e. The van der Waals surface area contributed by atoms with E-state index >= 15 is 0 Å². The first kappa shape index (κ1) is 19.4. The van der Waals surface area contributed by atoms with Gasteiger partial charge in [-0.3, -0.25) is 4.90 Å². The van der Waals surface area contributed by atoms with E-state index in [-0.39, 0.29) is 0 Å². The molecule has 0 bridgehead atoms. The normalized spacial score (nSPS) is 15.6. The Labute approximate surface area is 155 Å². The summed E-state index contributed by atoms with van der Waals surface area (Å²) in [4.78, 5) is 11.0. The minimum Gasteiger partial charge on any atom is -0.379 e. The maximum Gasteiger partial charge on any atom is 0.416 e. The molecule has 0 saturated carbocycles. The van der Waals surface area contributed by atoms with Gasteiger partial charge in [0.05, 0.1) is 18.8 Å². The Kier molecular flexibility index (Phi) is 6.12. The molecule has 9 heteroatoms. The van der Waals surface area contributed by atoms with E-state index in [1.54, 1.807) is 6.07 Å². The van der Waals surface area contributed by atoms with Crippen LogP contribution in [0, 0.1) is 6.92 Å². The van der Waals surface area contributed by atoms with Crippen LogP contribution in [-0.4, -0.2) is 54.3 Å². The van der Waals surface area contributed by atoms with Crippen molar-refractivity contribution in [2.75, 3.05) is 50.0 Å². The van der Waals surface area contributed by atoms with Gasteiger partial charge in [0, 0.05) is 43.6 Å². The van der Waals surface area contributed by atoms with Gasteiger partial charge in [0.1, 0.15) is 5.82 Å². The molecule has 0 amide bonds. The molecule has 0 unspecified atom stereocenters. The molecule has 1 aliphatic heterocycles. The molecule has 0 radical (unpaired) electrons. The fourth-order valence-electron chi connectivity index (χ4n) is 2.75. The van der Waals surface area contributed by atoms with Gasteiger partial charge in [0.15, 0.2) is 0 Å². The molecule has 146 valence electrons. The number of aryl methyl sites for hydroxylation is 1. The van der Waals surface area contributed by atoms with E-state index in [1.165, 1.54) is 12.1 Å². The maximum absolute atomic E-state index is 12.6. The van der Waals surface area contributed by atoms with Gasteiger partial charge in [0.2, 0.25) is 5.95 Å². The zero-order valence-corrected chi connectivity index (χ0v) is 15.0. The molecule has 1 aromatic heterocycles. The third-order valence-electron chi connectivity index (χ3n) is 4.15. The predicted octanol–water partition coefficient (Wildman–Crippen LogP) is 3.29. The number of halogens is 3. The van der Waals surface area contributed by atoms with Crippen LogP contribution >= 0.6 is 0 Å². The van der Waals surface area contributed by atoms with Crippen molar-refractivity contribution in [1.82, 2.24) is 14.9 Å². The second-order valence-corrected chi connectivity index (χ2v) is 6.30. The van der Waals surface area contributed by atoms with Crippen LogP contribution in [0.1, 0.15) is 11.3 Å². The molecule has 2 N–H and O–H groups in total. The van der Waals surface area contributed by atoms with Crippen LogP contribution in [0.25, 0.3) is 0 Å². The van der Waals surface area contributed by atoms with Crippen molar-refractivity contribution in [3.05, 3.63) is 41.6 Å². The molecule has 2 heterocycles. The Morgan fingerprint density at radius 2 is 1.81 bits per heavy atom. The summed E-state index contributed by atoms with van der Waals surface area (Å²) in [5.41, 5.74) is 0.603. The number of alkyl halides is 3. The van der Waals surface area contributed by atoms with Crippen molar-refractivity contribution in [2.24, 2.45) is 0 Å². The van der Waals surface area contributed by atoms with Crippen LogP contribution in [0.5, 0.6) is 0 Å². The number of hydrogen-bond acceptors (Lipinski definition) is 6. The first-order valence-corrected chi connectivity index (χ1v) is 8.74. The number of rotatable bonds is 6. The van der Waals surface area contributed by atoms with Crippen molar-refractivity contribution < 1.29 is 17.9 Å². The summed E-state index contributed by atoms with van der Waals surface area (Å²) in [5, 5.41) is 6.21. The zero-order valence-electron chi connectivity index (χ0n) is 15.0. The molecule has 2 aromatic rings. The Balaban J connectivity index is 1.59. The largest absolute Gasteiger partial charge is 0.416 e. The average molecular weight is 381 g/mol. The van der Waals surface area contributed by atoms with Crippen molar-refractivity contribution in [2.45, 2.75) is 13.1 Å². The highest BCUT2D eigenvalue weighted by molar-refractivity contribution is 5.58. The van der Waals surface area contributed by atoms with Crippen LogP contribution in [0.2, 0.25) is 0 Å². The van der Waals surface area contributed by atoms with Gasteiger partial charge in [-0.15, -0.1) is 0 Å². The van der Waals surface area contributed by atoms with Crippen LogP contribution in [0.4, 0.5) is 30.6 Å². The van der Waals surface area contributed by atoms with Gasteiger partial charge >= 0.3 is 6.18 Å².